The summed E-state index contributed by atoms with van der Waals surface area (Å²) in [4.78, 5) is 137. The van der Waals surface area contributed by atoms with Gasteiger partial charge in [0.15, 0.2) is 37.1 Å². The highest BCUT2D eigenvalue weighted by atomic mass is 33.1. The summed E-state index contributed by atoms with van der Waals surface area (Å²) in [5.74, 6) is -1.57. The van der Waals surface area contributed by atoms with Gasteiger partial charge in [-0.05, 0) is 112 Å². The van der Waals surface area contributed by atoms with Crippen LogP contribution >= 0.6 is 21.6 Å². The van der Waals surface area contributed by atoms with E-state index in [1.807, 2.05) is 20.8 Å². The number of likely N-dealkylation sites (tertiary alicyclic amines) is 2. The molecule has 3 aromatic carbocycles. The summed E-state index contributed by atoms with van der Waals surface area (Å²) in [5.41, 5.74) is 8.92. The Morgan fingerprint density at radius 1 is 0.695 bits per heavy atom. The third-order valence-corrected chi connectivity index (χ3v) is 26.3. The molecule has 2 saturated heterocycles. The summed E-state index contributed by atoms with van der Waals surface area (Å²) in [6, 6.07) is 11.0. The minimum Gasteiger partial charge on any atom is -0.493 e. The summed E-state index contributed by atoms with van der Waals surface area (Å²) in [6.07, 6.45) is 6.78. The van der Waals surface area contributed by atoms with Crippen molar-refractivity contribution in [2.75, 3.05) is 83.2 Å². The molecule has 6 N–H and O–H groups in total. The van der Waals surface area contributed by atoms with Crippen LogP contribution in [0.25, 0.3) is 0 Å². The fraction of sp³-hybridized carbons (Fsp3) is 0.558. The van der Waals surface area contributed by atoms with E-state index in [1.165, 1.54) is 38.5 Å². The van der Waals surface area contributed by atoms with Crippen molar-refractivity contribution in [3.63, 3.8) is 0 Å². The molecule has 3 heterocycles. The molecule has 105 heavy (non-hydrogen) atoms. The Morgan fingerprint density at radius 2 is 1.24 bits per heavy atom. The lowest BCUT2D eigenvalue weighted by Crippen LogP contribution is -2.46. The van der Waals surface area contributed by atoms with Crippen LogP contribution in [0.5, 0.6) is 23.0 Å². The Morgan fingerprint density at radius 3 is 1.77 bits per heavy atom. The molecule has 3 aromatic rings. The first-order valence-corrected chi connectivity index (χ1v) is 41.6. The lowest BCUT2D eigenvalue weighted by molar-refractivity contribution is -0.137. The predicted octanol–water partition coefficient (Wildman–Crippen LogP) is 13.2. The van der Waals surface area contributed by atoms with Gasteiger partial charge in [-0.15, -0.1) is 0 Å². The number of carbonyl (C=O) groups is 10. The average Bonchev–Trinajstić information content (AvgIpc) is 1.78. The number of amides is 9. The quantitative estimate of drug-likeness (QED) is 0.0116. The van der Waals surface area contributed by atoms with Crippen LogP contribution in [-0.2, 0) is 50.9 Å². The maximum atomic E-state index is 14.9. The Balaban J connectivity index is 1.11. The van der Waals surface area contributed by atoms with Crippen LogP contribution in [0.3, 0.4) is 0 Å². The van der Waals surface area contributed by atoms with E-state index in [9.17, 15) is 47.9 Å². The second-order valence-electron chi connectivity index (χ2n) is 28.9. The van der Waals surface area contributed by atoms with Crippen molar-refractivity contribution in [2.45, 2.75) is 193 Å². The van der Waals surface area contributed by atoms with E-state index in [2.05, 4.69) is 82.1 Å². The number of imide groups is 1. The van der Waals surface area contributed by atoms with E-state index in [0.29, 0.717) is 105 Å². The Hall–Kier alpha value is -8.34. The molecule has 4 atom stereocenters. The zero-order valence-corrected chi connectivity index (χ0v) is 65.9. The van der Waals surface area contributed by atoms with Crippen molar-refractivity contribution in [1.82, 2.24) is 25.3 Å². The van der Waals surface area contributed by atoms with Gasteiger partial charge in [0.1, 0.15) is 19.0 Å². The molecule has 25 nitrogen and oxygen atoms in total. The van der Waals surface area contributed by atoms with E-state index >= 15 is 0 Å². The lowest BCUT2D eigenvalue weighted by Gasteiger charge is -2.38. The molecule has 9 amide bonds. The smallest absolute Gasteiger partial charge is 0.411 e. The predicted molar refractivity (Wildman–Crippen MR) is 412 cm³/mol. The summed E-state index contributed by atoms with van der Waals surface area (Å²) >= 11 is 0. The molecule has 0 unspecified atom stereocenters. The van der Waals surface area contributed by atoms with Gasteiger partial charge in [0.2, 0.25) is 5.91 Å². The molecule has 0 radical (unpaired) electrons. The van der Waals surface area contributed by atoms with E-state index in [0.717, 1.165) is 22.5 Å². The Labute approximate surface area is 627 Å². The number of methoxy groups -OCH3 is 2. The molecular formula is C77H110N8O17S2Si. The van der Waals surface area contributed by atoms with Crippen molar-refractivity contribution in [1.29, 1.82) is 0 Å². The minimum atomic E-state index is -2.24. The number of rotatable bonds is 43. The Kier molecular flexibility index (Phi) is 33.9. The lowest BCUT2D eigenvalue weighted by atomic mass is 9.88. The number of anilines is 2. The first kappa shape index (κ1) is 85.6. The largest absolute Gasteiger partial charge is 0.493 e. The van der Waals surface area contributed by atoms with Crippen LogP contribution in [0.1, 0.15) is 171 Å². The highest BCUT2D eigenvalue weighted by Crippen LogP contribution is 2.41. The number of hydrogen-bond donors (Lipinski definition) is 5. The van der Waals surface area contributed by atoms with E-state index in [4.69, 9.17) is 38.6 Å². The fourth-order valence-electron chi connectivity index (χ4n) is 11.9. The normalized spacial score (nSPS) is 15.8. The number of Topliss-reactive ketones (excluding diaryl/α,β-unsaturated/α-hetero) is 2. The SMILES string of the molecule is C=C1C[C@@H](CC)N(C(=O)c2cc(OC)c(OCCCCCOc3cc(NC(=O)OCc4ccc(CC(=O)[C@H](CCCNC(N)=O)NC(=O)[C@@H](CC(=O)CCCCCN5C(=O)C=CC5=O)C(C)C)cc4)c(C(=O)N4CC(=C)C[C@H]4CO[Si](C)(C)C(C)(C)C)cc3OC)cc2NC(=O)OCCSSC(C)C)C1. The molecule has 0 aliphatic carbocycles. The first-order valence-electron chi connectivity index (χ1n) is 36.3. The highest BCUT2D eigenvalue weighted by Gasteiger charge is 2.41. The molecule has 576 valence electrons. The molecule has 0 aromatic heterocycles. The van der Waals surface area contributed by atoms with Crippen LogP contribution in [0.4, 0.5) is 25.8 Å². The first-order chi connectivity index (χ1) is 49.8. The number of nitrogens with two attached hydrogens (primary N) is 1. The van der Waals surface area contributed by atoms with Crippen molar-refractivity contribution < 1.29 is 80.8 Å². The van der Waals surface area contributed by atoms with Gasteiger partial charge >= 0.3 is 18.2 Å². The second kappa shape index (κ2) is 41.5. The number of ketones is 2. The number of benzene rings is 3. The van der Waals surface area contributed by atoms with Crippen molar-refractivity contribution in [3.05, 3.63) is 107 Å². The van der Waals surface area contributed by atoms with Crippen molar-refractivity contribution >= 4 is 101 Å². The van der Waals surface area contributed by atoms with Crippen LogP contribution in [0.15, 0.2) is 85.0 Å². The van der Waals surface area contributed by atoms with E-state index < -0.39 is 50.3 Å². The number of urea groups is 1. The average molecular weight is 1510 g/mol. The zero-order valence-electron chi connectivity index (χ0n) is 63.3. The van der Waals surface area contributed by atoms with Gasteiger partial charge in [0, 0.05) is 92.7 Å². The second-order valence-corrected chi connectivity index (χ2v) is 36.7. The van der Waals surface area contributed by atoms with Crippen LogP contribution < -0.4 is 45.9 Å². The number of hydrogen-bond acceptors (Lipinski definition) is 19. The monoisotopic (exact) mass is 1510 g/mol. The molecule has 3 aliphatic heterocycles. The van der Waals surface area contributed by atoms with Crippen LogP contribution in [0, 0.1) is 11.8 Å². The van der Waals surface area contributed by atoms with Crippen molar-refractivity contribution in [2.24, 2.45) is 17.6 Å². The van der Waals surface area contributed by atoms with E-state index in [-0.39, 0.29) is 158 Å². The minimum absolute atomic E-state index is 0.0407. The number of unbranched alkanes of at least 4 members (excludes halogenated alkanes) is 4. The fourth-order valence-corrected chi connectivity index (χ4v) is 14.8. The van der Waals surface area contributed by atoms with Gasteiger partial charge in [-0.3, -0.25) is 49.1 Å². The van der Waals surface area contributed by atoms with Gasteiger partial charge < -0.3 is 59.0 Å². The molecule has 0 saturated carbocycles. The van der Waals surface area contributed by atoms with E-state index in [1.54, 1.807) is 67.8 Å². The summed E-state index contributed by atoms with van der Waals surface area (Å²) in [7, 11) is 4.00. The van der Waals surface area contributed by atoms with Crippen LogP contribution in [-0.4, -0.2) is 178 Å². The molecule has 0 bridgehead atoms. The zero-order chi connectivity index (χ0) is 77.1. The number of nitrogens with zero attached hydrogens (tertiary/aromatic N) is 3. The van der Waals surface area contributed by atoms with Gasteiger partial charge in [0.25, 0.3) is 23.6 Å². The van der Waals surface area contributed by atoms with Gasteiger partial charge in [-0.25, -0.2) is 14.4 Å². The van der Waals surface area contributed by atoms with Gasteiger partial charge in [0.05, 0.1) is 68.6 Å². The van der Waals surface area contributed by atoms with Crippen molar-refractivity contribution in [3.8, 4) is 23.0 Å². The summed E-state index contributed by atoms with van der Waals surface area (Å²) < 4.78 is 42.1. The van der Waals surface area contributed by atoms with Gasteiger partial charge in [-0.2, -0.15) is 0 Å². The standard InChI is InChI=1S/C77H110N8O17S2Si/c1-15-55-37-51(6)45-84(55)72(91)59-41-65(96-11)67(43-62(59)81-75(94)100-35-36-103-104-50(4)5)98-33-20-17-21-34-99-68-44-63(60(42-66(68)97-12)73(92)85-46-52(7)38-56(85)48-102-105(13,14)77(8,9)10)82-76(95)101-47-54-27-25-53(26-28-54)39-64(87)61(24-22-31-79-74(78)93)80-71(90)58(49(2)3)40-57(86)23-18-16-19-32-83-69(88)29-30-70(83)89/h25-30,41-44,49-50,55-56,58,61H,6-7,15-24,31-40,45-48H2,1-5,8-14H3,(H,80,90)(H,81,94)(H,82,95)(H3,78,79,93)/t55-,56+,58+,61+/m1/s1. The number of carbonyl (C=O) groups excluding carboxylic acids is 10. The third kappa shape index (κ3) is 26.6. The Bertz CT molecular complexity index is 3580. The summed E-state index contributed by atoms with van der Waals surface area (Å²) in [5, 5.41) is 11.3. The summed E-state index contributed by atoms with van der Waals surface area (Å²) in [6.45, 7) is 30.8. The maximum absolute atomic E-state index is 14.9. The topological polar surface area (TPSA) is 319 Å². The molecule has 3 aliphatic rings. The van der Waals surface area contributed by atoms with Crippen LogP contribution in [0.2, 0.25) is 18.1 Å². The number of nitrogens with one attached hydrogen (secondary N) is 4. The number of ether oxygens (including phenoxy) is 6. The molecule has 0 spiro atoms. The molecule has 6 rings (SSSR count). The number of primary amides is 1. The highest BCUT2D eigenvalue weighted by molar-refractivity contribution is 8.76. The van der Waals surface area contributed by atoms with Gasteiger partial charge in [-0.1, -0.05) is 132 Å². The molecule has 28 heteroatoms. The molecule has 2 fully saturated rings. The maximum Gasteiger partial charge on any atom is 0.411 e. The third-order valence-electron chi connectivity index (χ3n) is 18.9. The molecular weight excluding hydrogens is 1400 g/mol.